The second-order valence-corrected chi connectivity index (χ2v) is 12.5. The van der Waals surface area contributed by atoms with Crippen LogP contribution in [0.4, 0.5) is 0 Å². The zero-order valence-electron chi connectivity index (χ0n) is 25.3. The van der Waals surface area contributed by atoms with E-state index < -0.39 is 0 Å². The molecule has 3 nitrogen and oxygen atoms in total. The van der Waals surface area contributed by atoms with Crippen molar-refractivity contribution in [2.75, 3.05) is 0 Å². The summed E-state index contributed by atoms with van der Waals surface area (Å²) in [6.07, 6.45) is 3.35. The molecule has 1 aliphatic rings. The van der Waals surface area contributed by atoms with Crippen LogP contribution in [0.2, 0.25) is 0 Å². The topological polar surface area (TPSA) is 31.2 Å². The number of allylic oxidation sites excluding steroid dienone is 1. The van der Waals surface area contributed by atoms with Gasteiger partial charge < -0.3 is 13.4 Å². The Hall–Kier alpha value is -5.80. The van der Waals surface area contributed by atoms with Crippen molar-refractivity contribution in [1.29, 1.82) is 0 Å². The van der Waals surface area contributed by atoms with E-state index in [1.165, 1.54) is 43.9 Å². The molecule has 46 heavy (non-hydrogen) atoms. The van der Waals surface area contributed by atoms with Crippen LogP contribution in [-0.2, 0) is 0 Å². The van der Waals surface area contributed by atoms with Crippen LogP contribution in [0.1, 0.15) is 36.1 Å². The molecule has 10 rings (SSSR count). The quantitative estimate of drug-likeness (QED) is 0.205. The molecule has 0 amide bonds. The molecule has 3 aromatic heterocycles. The fraction of sp³-hybridized carbons (Fsp3) is 0.0698. The standard InChI is InChI=1S/C43H29NO2/c1-26-18-21-31(43-41(26)34-13-6-8-17-40(34)46-43)28-20-23-38-36(25-28)35-24-27(19-22-37(35)44(38)29-10-3-2-4-11-29)30-14-9-15-33-32-12-5-7-16-39(32)45-42(30)33/h2-17,19-26H,18H2,1H3. The van der Waals surface area contributed by atoms with Gasteiger partial charge in [-0.05, 0) is 72.0 Å². The first-order valence-corrected chi connectivity index (χ1v) is 16.0. The maximum Gasteiger partial charge on any atom is 0.143 e. The van der Waals surface area contributed by atoms with Crippen molar-refractivity contribution in [3.8, 4) is 16.8 Å². The third kappa shape index (κ3) is 3.60. The minimum Gasteiger partial charge on any atom is -0.456 e. The highest BCUT2D eigenvalue weighted by molar-refractivity contribution is 6.14. The first-order chi connectivity index (χ1) is 22.7. The van der Waals surface area contributed by atoms with Crippen LogP contribution in [0.15, 0.2) is 148 Å². The molecule has 1 unspecified atom stereocenters. The van der Waals surface area contributed by atoms with E-state index in [9.17, 15) is 0 Å². The maximum atomic E-state index is 6.56. The highest BCUT2D eigenvalue weighted by atomic mass is 16.3. The van der Waals surface area contributed by atoms with Gasteiger partial charge in [-0.1, -0.05) is 97.9 Å². The van der Waals surface area contributed by atoms with E-state index in [-0.39, 0.29) is 0 Å². The monoisotopic (exact) mass is 591 g/mol. The molecule has 0 fully saturated rings. The Bertz CT molecular complexity index is 2680. The number of fused-ring (bicyclic) bond motifs is 9. The van der Waals surface area contributed by atoms with E-state index in [4.69, 9.17) is 8.83 Å². The third-order valence-corrected chi connectivity index (χ3v) is 9.85. The van der Waals surface area contributed by atoms with Gasteiger partial charge in [0.05, 0.1) is 11.0 Å². The summed E-state index contributed by atoms with van der Waals surface area (Å²) in [5.41, 5.74) is 12.2. The Morgan fingerprint density at radius 1 is 0.565 bits per heavy atom. The second kappa shape index (κ2) is 9.60. The lowest BCUT2D eigenvalue weighted by molar-refractivity contribution is 0.581. The van der Waals surface area contributed by atoms with Crippen molar-refractivity contribution in [2.24, 2.45) is 0 Å². The molecule has 3 heterocycles. The fourth-order valence-corrected chi connectivity index (χ4v) is 7.70. The van der Waals surface area contributed by atoms with Crippen LogP contribution in [0.25, 0.3) is 77.1 Å². The van der Waals surface area contributed by atoms with Crippen LogP contribution in [0, 0.1) is 0 Å². The van der Waals surface area contributed by atoms with Crippen LogP contribution in [0.3, 0.4) is 0 Å². The van der Waals surface area contributed by atoms with Crippen LogP contribution >= 0.6 is 0 Å². The number of para-hydroxylation sites is 4. The lowest BCUT2D eigenvalue weighted by Gasteiger charge is -2.19. The number of hydrogen-bond donors (Lipinski definition) is 0. The van der Waals surface area contributed by atoms with Gasteiger partial charge in [0.2, 0.25) is 0 Å². The van der Waals surface area contributed by atoms with Gasteiger partial charge in [-0.2, -0.15) is 0 Å². The van der Waals surface area contributed by atoms with E-state index in [1.807, 2.05) is 12.1 Å². The average Bonchev–Trinajstić information content (AvgIpc) is 3.78. The Labute approximate surface area is 265 Å². The number of hydrogen-bond acceptors (Lipinski definition) is 2. The molecule has 1 aliphatic carbocycles. The Balaban J connectivity index is 1.22. The molecule has 0 bridgehead atoms. The second-order valence-electron chi connectivity index (χ2n) is 12.5. The smallest absolute Gasteiger partial charge is 0.143 e. The molecule has 218 valence electrons. The summed E-state index contributed by atoms with van der Waals surface area (Å²) >= 11 is 0. The molecule has 6 aromatic carbocycles. The number of aromatic nitrogens is 1. The molecule has 0 radical (unpaired) electrons. The van der Waals surface area contributed by atoms with Gasteiger partial charge in [0.1, 0.15) is 22.5 Å². The minimum atomic E-state index is 0.412. The third-order valence-electron chi connectivity index (χ3n) is 9.85. The van der Waals surface area contributed by atoms with Gasteiger partial charge in [0, 0.05) is 49.3 Å². The zero-order valence-corrected chi connectivity index (χ0v) is 25.3. The SMILES string of the molecule is CC1CC=C(c2ccc3c(c2)c2cc(-c4cccc5c4oc4ccccc45)ccc2n3-c2ccccc2)c2oc3ccccc3c21. The Kier molecular flexibility index (Phi) is 5.32. The van der Waals surface area contributed by atoms with E-state index >= 15 is 0 Å². The largest absolute Gasteiger partial charge is 0.456 e. The van der Waals surface area contributed by atoms with Gasteiger partial charge in [-0.25, -0.2) is 0 Å². The molecule has 0 N–H and O–H groups in total. The predicted octanol–water partition coefficient (Wildman–Crippen LogP) is 12.0. The highest BCUT2D eigenvalue weighted by Gasteiger charge is 2.27. The Morgan fingerprint density at radius 2 is 1.22 bits per heavy atom. The van der Waals surface area contributed by atoms with Gasteiger partial charge in [0.25, 0.3) is 0 Å². The van der Waals surface area contributed by atoms with Gasteiger partial charge in [0.15, 0.2) is 0 Å². The molecule has 3 heteroatoms. The van der Waals surface area contributed by atoms with Crippen LogP contribution in [-0.4, -0.2) is 4.57 Å². The van der Waals surface area contributed by atoms with Crippen LogP contribution < -0.4 is 0 Å². The number of furan rings is 2. The lowest BCUT2D eigenvalue weighted by atomic mass is 9.84. The number of nitrogens with zero attached hydrogens (tertiary/aromatic N) is 1. The van der Waals surface area contributed by atoms with Gasteiger partial charge in [-0.3, -0.25) is 0 Å². The molecular formula is C43H29NO2. The first kappa shape index (κ1) is 25.5. The molecule has 0 aliphatic heterocycles. The van der Waals surface area contributed by atoms with E-state index in [0.717, 1.165) is 56.5 Å². The van der Waals surface area contributed by atoms with Crippen molar-refractivity contribution in [2.45, 2.75) is 19.3 Å². The number of benzene rings is 6. The maximum absolute atomic E-state index is 6.56. The Morgan fingerprint density at radius 3 is 2.02 bits per heavy atom. The summed E-state index contributed by atoms with van der Waals surface area (Å²) in [6.45, 7) is 2.30. The predicted molar refractivity (Wildman–Crippen MR) is 190 cm³/mol. The summed E-state index contributed by atoms with van der Waals surface area (Å²) in [7, 11) is 0. The molecular weight excluding hydrogens is 562 g/mol. The first-order valence-electron chi connectivity index (χ1n) is 16.0. The van der Waals surface area contributed by atoms with E-state index in [1.54, 1.807) is 0 Å². The summed E-state index contributed by atoms with van der Waals surface area (Å²) in [6, 6.07) is 47.6. The molecule has 0 saturated heterocycles. The van der Waals surface area contributed by atoms with E-state index in [2.05, 4.69) is 139 Å². The number of rotatable bonds is 3. The normalized spacial score (nSPS) is 14.9. The minimum absolute atomic E-state index is 0.412. The average molecular weight is 592 g/mol. The molecule has 1 atom stereocenters. The van der Waals surface area contributed by atoms with E-state index in [0.29, 0.717) is 5.92 Å². The van der Waals surface area contributed by atoms with Crippen molar-refractivity contribution in [3.63, 3.8) is 0 Å². The van der Waals surface area contributed by atoms with Gasteiger partial charge >= 0.3 is 0 Å². The molecule has 0 saturated carbocycles. The highest BCUT2D eigenvalue weighted by Crippen LogP contribution is 2.45. The van der Waals surface area contributed by atoms with Gasteiger partial charge in [-0.15, -0.1) is 0 Å². The zero-order chi connectivity index (χ0) is 30.4. The molecule has 9 aromatic rings. The fourth-order valence-electron chi connectivity index (χ4n) is 7.70. The van der Waals surface area contributed by atoms with Crippen LogP contribution in [0.5, 0.6) is 0 Å². The van der Waals surface area contributed by atoms with Crippen molar-refractivity contribution >= 4 is 60.3 Å². The van der Waals surface area contributed by atoms with Crippen molar-refractivity contribution < 1.29 is 8.83 Å². The lowest BCUT2D eigenvalue weighted by Crippen LogP contribution is -2.02. The summed E-state index contributed by atoms with van der Waals surface area (Å²) in [5.74, 6) is 1.41. The summed E-state index contributed by atoms with van der Waals surface area (Å²) < 4.78 is 15.4. The van der Waals surface area contributed by atoms with Crippen molar-refractivity contribution in [1.82, 2.24) is 4.57 Å². The summed E-state index contributed by atoms with van der Waals surface area (Å²) in [4.78, 5) is 0. The van der Waals surface area contributed by atoms with Crippen molar-refractivity contribution in [3.05, 3.63) is 156 Å². The molecule has 0 spiro atoms. The summed E-state index contributed by atoms with van der Waals surface area (Å²) in [5, 5.41) is 5.93.